The van der Waals surface area contributed by atoms with Crippen molar-refractivity contribution >= 4 is 11.5 Å². The van der Waals surface area contributed by atoms with E-state index in [0.717, 1.165) is 5.69 Å². The molecule has 2 nitrogen and oxygen atoms in total. The van der Waals surface area contributed by atoms with Crippen molar-refractivity contribution in [1.82, 2.24) is 4.98 Å². The second-order valence-corrected chi connectivity index (χ2v) is 2.76. The fourth-order valence-electron chi connectivity index (χ4n) is 1.06. The molecule has 1 radical (unpaired) electrons. The normalized spacial score (nSPS) is 9.79. The van der Waals surface area contributed by atoms with E-state index >= 15 is 0 Å². The molecule has 0 unspecified atom stereocenters. The van der Waals surface area contributed by atoms with E-state index in [1.165, 1.54) is 12.1 Å². The van der Waals surface area contributed by atoms with Crippen molar-refractivity contribution in [3.05, 3.63) is 54.5 Å². The number of rotatable bonds is 2. The van der Waals surface area contributed by atoms with E-state index in [1.54, 1.807) is 30.5 Å². The number of anilines is 2. The number of aromatic nitrogens is 1. The lowest BCUT2D eigenvalue weighted by Gasteiger charge is -2.03. The average molecular weight is 187 g/mol. The first-order valence-corrected chi connectivity index (χ1v) is 4.20. The molecule has 0 aliphatic heterocycles. The molecule has 0 aliphatic rings. The van der Waals surface area contributed by atoms with Gasteiger partial charge in [0.25, 0.3) is 0 Å². The topological polar surface area (TPSA) is 24.9 Å². The highest BCUT2D eigenvalue weighted by Gasteiger charge is 1.94. The fraction of sp³-hybridized carbons (Fsp3) is 0. The highest BCUT2D eigenvalue weighted by Crippen LogP contribution is 2.13. The number of hydrogen-bond acceptors (Lipinski definition) is 2. The van der Waals surface area contributed by atoms with Gasteiger partial charge in [0.2, 0.25) is 0 Å². The molecule has 0 aliphatic carbocycles. The van der Waals surface area contributed by atoms with E-state index in [1.807, 2.05) is 0 Å². The molecule has 1 heterocycles. The lowest BCUT2D eigenvalue weighted by molar-refractivity contribution is 0.628. The Hall–Kier alpha value is -1.90. The molecule has 1 aromatic carbocycles. The van der Waals surface area contributed by atoms with Gasteiger partial charge in [-0.05, 0) is 36.4 Å². The molecule has 1 aromatic heterocycles. The number of nitrogens with zero attached hydrogens (tertiary/aromatic N) is 1. The summed E-state index contributed by atoms with van der Waals surface area (Å²) in [7, 11) is 0. The summed E-state index contributed by atoms with van der Waals surface area (Å²) >= 11 is 0. The summed E-state index contributed by atoms with van der Waals surface area (Å²) in [5.74, 6) is 0.375. The van der Waals surface area contributed by atoms with Gasteiger partial charge in [0.1, 0.15) is 11.6 Å². The smallest absolute Gasteiger partial charge is 0.138 e. The van der Waals surface area contributed by atoms with Gasteiger partial charge in [-0.1, -0.05) is 0 Å². The van der Waals surface area contributed by atoms with Crippen LogP contribution in [0.15, 0.2) is 42.6 Å². The SMILES string of the molecule is Fc1ccc(Nc2[c]cccn2)cc1. The molecule has 69 valence electrons. The summed E-state index contributed by atoms with van der Waals surface area (Å²) in [4.78, 5) is 4.04. The lowest BCUT2D eigenvalue weighted by Crippen LogP contribution is -1.92. The van der Waals surface area contributed by atoms with E-state index < -0.39 is 0 Å². The molecule has 2 rings (SSSR count). The Balaban J connectivity index is 2.16. The maximum atomic E-state index is 12.6. The molecule has 0 spiro atoms. The summed E-state index contributed by atoms with van der Waals surface area (Å²) in [5, 5.41) is 3.00. The Bertz CT molecular complexity index is 397. The largest absolute Gasteiger partial charge is 0.340 e. The van der Waals surface area contributed by atoms with Crippen molar-refractivity contribution in [2.45, 2.75) is 0 Å². The number of hydrogen-bond donors (Lipinski definition) is 1. The first kappa shape index (κ1) is 8.69. The number of nitrogens with one attached hydrogen (secondary N) is 1. The van der Waals surface area contributed by atoms with Crippen LogP contribution in [0.1, 0.15) is 0 Å². The van der Waals surface area contributed by atoms with Crippen LogP contribution < -0.4 is 5.32 Å². The van der Waals surface area contributed by atoms with Crippen molar-refractivity contribution in [2.24, 2.45) is 0 Å². The van der Waals surface area contributed by atoms with Gasteiger partial charge in [-0.2, -0.15) is 0 Å². The van der Waals surface area contributed by atoms with Crippen LogP contribution in [0.25, 0.3) is 0 Å². The van der Waals surface area contributed by atoms with Crippen LogP contribution in [0.2, 0.25) is 0 Å². The van der Waals surface area contributed by atoms with Crippen molar-refractivity contribution in [3.8, 4) is 0 Å². The zero-order valence-corrected chi connectivity index (χ0v) is 7.37. The van der Waals surface area contributed by atoms with E-state index in [-0.39, 0.29) is 5.82 Å². The van der Waals surface area contributed by atoms with E-state index in [0.29, 0.717) is 5.82 Å². The molecule has 0 saturated carbocycles. The van der Waals surface area contributed by atoms with Gasteiger partial charge in [0.05, 0.1) is 0 Å². The Morgan fingerprint density at radius 3 is 2.64 bits per heavy atom. The minimum absolute atomic E-state index is 0.249. The summed E-state index contributed by atoms with van der Waals surface area (Å²) in [6, 6.07) is 12.6. The first-order valence-electron chi connectivity index (χ1n) is 4.20. The molecular formula is C11H8FN2. The van der Waals surface area contributed by atoms with Crippen LogP contribution >= 0.6 is 0 Å². The van der Waals surface area contributed by atoms with Gasteiger partial charge in [0, 0.05) is 18.0 Å². The Morgan fingerprint density at radius 1 is 1.21 bits per heavy atom. The fourth-order valence-corrected chi connectivity index (χ4v) is 1.06. The maximum absolute atomic E-state index is 12.6. The third kappa shape index (κ3) is 2.07. The van der Waals surface area contributed by atoms with Gasteiger partial charge < -0.3 is 5.32 Å². The van der Waals surface area contributed by atoms with Crippen molar-refractivity contribution in [2.75, 3.05) is 5.32 Å². The number of halogens is 1. The minimum atomic E-state index is -0.249. The molecule has 0 atom stereocenters. The second kappa shape index (κ2) is 3.87. The Kier molecular flexibility index (Phi) is 2.40. The Labute approximate surface area is 81.4 Å². The molecule has 0 bridgehead atoms. The molecule has 0 saturated heterocycles. The van der Waals surface area contributed by atoms with Crippen LogP contribution in [0.5, 0.6) is 0 Å². The number of pyridine rings is 1. The van der Waals surface area contributed by atoms with Crippen LogP contribution in [0.4, 0.5) is 15.9 Å². The third-order valence-electron chi connectivity index (χ3n) is 1.71. The molecule has 0 fully saturated rings. The van der Waals surface area contributed by atoms with Crippen LogP contribution in [0.3, 0.4) is 0 Å². The molecule has 1 N–H and O–H groups in total. The summed E-state index contributed by atoms with van der Waals surface area (Å²) in [5.41, 5.74) is 0.793. The van der Waals surface area contributed by atoms with Crippen LogP contribution in [-0.4, -0.2) is 4.98 Å². The Morgan fingerprint density at radius 2 is 2.00 bits per heavy atom. The highest BCUT2D eigenvalue weighted by molar-refractivity contribution is 5.54. The van der Waals surface area contributed by atoms with Crippen molar-refractivity contribution in [3.63, 3.8) is 0 Å². The maximum Gasteiger partial charge on any atom is 0.138 e. The monoisotopic (exact) mass is 187 g/mol. The van der Waals surface area contributed by atoms with Gasteiger partial charge in [-0.25, -0.2) is 9.37 Å². The molecule has 14 heavy (non-hydrogen) atoms. The molecular weight excluding hydrogens is 179 g/mol. The van der Waals surface area contributed by atoms with E-state index in [2.05, 4.69) is 16.4 Å². The highest BCUT2D eigenvalue weighted by atomic mass is 19.1. The van der Waals surface area contributed by atoms with Crippen LogP contribution in [0, 0.1) is 11.9 Å². The van der Waals surface area contributed by atoms with Crippen LogP contribution in [-0.2, 0) is 0 Å². The van der Waals surface area contributed by atoms with E-state index in [9.17, 15) is 4.39 Å². The van der Waals surface area contributed by atoms with Gasteiger partial charge in [0.15, 0.2) is 0 Å². The molecule has 3 heteroatoms. The lowest BCUT2D eigenvalue weighted by atomic mass is 10.3. The predicted molar refractivity (Wildman–Crippen MR) is 52.8 cm³/mol. The zero-order valence-electron chi connectivity index (χ0n) is 7.37. The summed E-state index contributed by atoms with van der Waals surface area (Å²) in [6.07, 6.45) is 1.67. The first-order chi connectivity index (χ1) is 6.84. The molecule has 0 amide bonds. The predicted octanol–water partition coefficient (Wildman–Crippen LogP) is 2.76. The average Bonchev–Trinajstić information content (AvgIpc) is 2.23. The second-order valence-electron chi connectivity index (χ2n) is 2.76. The van der Waals surface area contributed by atoms with Gasteiger partial charge in [-0.3, -0.25) is 0 Å². The minimum Gasteiger partial charge on any atom is -0.340 e. The standard InChI is InChI=1S/C11H8FN2/c12-9-4-6-10(7-5-9)14-11-3-1-2-8-13-11/h1-2,4-8H,(H,13,14). The summed E-state index contributed by atoms with van der Waals surface area (Å²) < 4.78 is 12.6. The van der Waals surface area contributed by atoms with Gasteiger partial charge >= 0.3 is 0 Å². The number of benzene rings is 1. The molecule has 2 aromatic rings. The quantitative estimate of drug-likeness (QED) is 0.781. The summed E-state index contributed by atoms with van der Waals surface area (Å²) in [6.45, 7) is 0. The van der Waals surface area contributed by atoms with E-state index in [4.69, 9.17) is 0 Å². The third-order valence-corrected chi connectivity index (χ3v) is 1.71. The van der Waals surface area contributed by atoms with Crippen molar-refractivity contribution in [1.29, 1.82) is 0 Å². The zero-order chi connectivity index (χ0) is 9.80. The van der Waals surface area contributed by atoms with Gasteiger partial charge in [-0.15, -0.1) is 0 Å². The van der Waals surface area contributed by atoms with Crippen molar-refractivity contribution < 1.29 is 4.39 Å².